The summed E-state index contributed by atoms with van der Waals surface area (Å²) in [7, 11) is 0. The molecule has 0 saturated carbocycles. The van der Waals surface area contributed by atoms with Crippen molar-refractivity contribution in [2.75, 3.05) is 4.90 Å². The van der Waals surface area contributed by atoms with Crippen molar-refractivity contribution in [1.29, 1.82) is 0 Å². The molecule has 168 valence electrons. The van der Waals surface area contributed by atoms with Gasteiger partial charge in [-0.15, -0.1) is 11.3 Å². The summed E-state index contributed by atoms with van der Waals surface area (Å²) in [5.41, 5.74) is 0.512. The van der Waals surface area contributed by atoms with Gasteiger partial charge in [-0.25, -0.2) is 0 Å². The van der Waals surface area contributed by atoms with Crippen LogP contribution in [0, 0.1) is 0 Å². The summed E-state index contributed by atoms with van der Waals surface area (Å²) in [5.74, 6) is 0.358. The lowest BCUT2D eigenvalue weighted by molar-refractivity contribution is -0.122. The van der Waals surface area contributed by atoms with E-state index >= 15 is 0 Å². The number of amides is 2. The van der Waals surface area contributed by atoms with E-state index in [-0.39, 0.29) is 16.1 Å². The molecule has 3 aromatic rings. The Kier molecular flexibility index (Phi) is 6.52. The van der Waals surface area contributed by atoms with Crippen molar-refractivity contribution in [3.05, 3.63) is 80.5 Å². The lowest BCUT2D eigenvalue weighted by atomic mass is 9.95. The monoisotopic (exact) mass is 540 g/mol. The Balaban J connectivity index is 1.61. The van der Waals surface area contributed by atoms with Gasteiger partial charge in [0, 0.05) is 14.2 Å². The fourth-order valence-electron chi connectivity index (χ4n) is 3.29. The SMILES string of the molecule is CC(C)(C)c1sc(/C=C2\C(=O)NC(=S)N(c3ccc(Oc4ccccc4)cc3)C2=O)cc1Br. The number of thiocarbonyl (C=S) groups is 1. The Hall–Kier alpha value is -2.81. The van der Waals surface area contributed by atoms with Crippen LogP contribution in [0.2, 0.25) is 0 Å². The molecule has 5 nitrogen and oxygen atoms in total. The minimum Gasteiger partial charge on any atom is -0.457 e. The first-order valence-electron chi connectivity index (χ1n) is 10.2. The first-order valence-corrected chi connectivity index (χ1v) is 12.2. The quantitative estimate of drug-likeness (QED) is 0.235. The zero-order valence-electron chi connectivity index (χ0n) is 18.2. The normalized spacial score (nSPS) is 15.7. The molecule has 4 rings (SSSR count). The van der Waals surface area contributed by atoms with E-state index in [4.69, 9.17) is 17.0 Å². The fraction of sp³-hybridized carbons (Fsp3) is 0.160. The van der Waals surface area contributed by atoms with Gasteiger partial charge in [0.1, 0.15) is 17.1 Å². The maximum Gasteiger partial charge on any atom is 0.270 e. The van der Waals surface area contributed by atoms with Gasteiger partial charge in [0.15, 0.2) is 5.11 Å². The molecular formula is C25H21BrN2O3S2. The summed E-state index contributed by atoms with van der Waals surface area (Å²) >= 11 is 10.4. The Morgan fingerprint density at radius 1 is 1.03 bits per heavy atom. The molecule has 1 aliphatic heterocycles. The molecule has 2 aromatic carbocycles. The molecule has 0 aliphatic carbocycles. The van der Waals surface area contributed by atoms with E-state index in [2.05, 4.69) is 42.0 Å². The average molecular weight is 541 g/mol. The van der Waals surface area contributed by atoms with Crippen LogP contribution in [0.15, 0.2) is 70.7 Å². The number of ether oxygens (including phenoxy) is 1. The number of nitrogens with one attached hydrogen (secondary N) is 1. The fourth-order valence-corrected chi connectivity index (χ4v) is 5.86. The van der Waals surface area contributed by atoms with Crippen molar-refractivity contribution in [2.45, 2.75) is 26.2 Å². The molecule has 8 heteroatoms. The highest BCUT2D eigenvalue weighted by Crippen LogP contribution is 2.38. The van der Waals surface area contributed by atoms with Gasteiger partial charge in [0.2, 0.25) is 0 Å². The number of hydrogen-bond acceptors (Lipinski definition) is 5. The number of benzene rings is 2. The van der Waals surface area contributed by atoms with E-state index in [0.717, 1.165) is 14.2 Å². The van der Waals surface area contributed by atoms with Crippen LogP contribution in [0.3, 0.4) is 0 Å². The molecule has 0 bridgehead atoms. The minimum atomic E-state index is -0.507. The van der Waals surface area contributed by atoms with E-state index in [1.807, 2.05) is 36.4 Å². The van der Waals surface area contributed by atoms with Crippen molar-refractivity contribution >= 4 is 68.2 Å². The molecular weight excluding hydrogens is 520 g/mol. The first kappa shape index (κ1) is 23.4. The van der Waals surface area contributed by atoms with Crippen molar-refractivity contribution in [2.24, 2.45) is 0 Å². The van der Waals surface area contributed by atoms with Crippen molar-refractivity contribution in [1.82, 2.24) is 5.32 Å². The number of rotatable bonds is 4. The lowest BCUT2D eigenvalue weighted by Gasteiger charge is -2.29. The van der Waals surface area contributed by atoms with Crippen molar-refractivity contribution < 1.29 is 14.3 Å². The van der Waals surface area contributed by atoms with Crippen LogP contribution in [0.4, 0.5) is 5.69 Å². The third kappa shape index (κ3) is 5.08. The largest absolute Gasteiger partial charge is 0.457 e. The first-order chi connectivity index (χ1) is 15.6. The molecule has 0 unspecified atom stereocenters. The van der Waals surface area contributed by atoms with Crippen LogP contribution < -0.4 is 15.0 Å². The Morgan fingerprint density at radius 3 is 2.27 bits per heavy atom. The summed E-state index contributed by atoms with van der Waals surface area (Å²) in [6.07, 6.45) is 1.62. The zero-order chi connectivity index (χ0) is 23.8. The zero-order valence-corrected chi connectivity index (χ0v) is 21.4. The Labute approximate surface area is 210 Å². The van der Waals surface area contributed by atoms with Gasteiger partial charge < -0.3 is 4.74 Å². The van der Waals surface area contributed by atoms with Gasteiger partial charge in [-0.2, -0.15) is 0 Å². The number of nitrogens with zero attached hydrogens (tertiary/aromatic N) is 1. The van der Waals surface area contributed by atoms with Gasteiger partial charge in [0.05, 0.1) is 5.69 Å². The van der Waals surface area contributed by atoms with E-state index < -0.39 is 11.8 Å². The van der Waals surface area contributed by atoms with Crippen LogP contribution in [0.5, 0.6) is 11.5 Å². The highest BCUT2D eigenvalue weighted by atomic mass is 79.9. The highest BCUT2D eigenvalue weighted by molar-refractivity contribution is 9.10. The maximum absolute atomic E-state index is 13.3. The van der Waals surface area contributed by atoms with E-state index in [9.17, 15) is 9.59 Å². The molecule has 2 heterocycles. The summed E-state index contributed by atoms with van der Waals surface area (Å²) < 4.78 is 6.77. The second-order valence-corrected chi connectivity index (χ2v) is 10.8. The summed E-state index contributed by atoms with van der Waals surface area (Å²) in [6, 6.07) is 18.3. The predicted molar refractivity (Wildman–Crippen MR) is 140 cm³/mol. The van der Waals surface area contributed by atoms with E-state index in [1.165, 1.54) is 4.90 Å². The van der Waals surface area contributed by atoms with Crippen LogP contribution >= 0.6 is 39.5 Å². The molecule has 1 fully saturated rings. The molecule has 2 amide bonds. The second kappa shape index (κ2) is 9.21. The molecule has 1 saturated heterocycles. The van der Waals surface area contributed by atoms with Crippen LogP contribution in [-0.2, 0) is 15.0 Å². The van der Waals surface area contributed by atoms with Gasteiger partial charge in [-0.05, 0) is 82.1 Å². The van der Waals surface area contributed by atoms with Crippen molar-refractivity contribution in [3.8, 4) is 11.5 Å². The molecule has 1 aromatic heterocycles. The van der Waals surface area contributed by atoms with Crippen LogP contribution in [0.25, 0.3) is 6.08 Å². The topological polar surface area (TPSA) is 58.6 Å². The number of carbonyl (C=O) groups is 2. The summed E-state index contributed by atoms with van der Waals surface area (Å²) in [4.78, 5) is 29.2. The number of anilines is 1. The number of para-hydroxylation sites is 1. The van der Waals surface area contributed by atoms with Crippen molar-refractivity contribution in [3.63, 3.8) is 0 Å². The number of hydrogen-bond donors (Lipinski definition) is 1. The predicted octanol–water partition coefficient (Wildman–Crippen LogP) is 6.43. The molecule has 1 N–H and O–H groups in total. The number of halogens is 1. The third-order valence-corrected chi connectivity index (χ3v) is 7.53. The lowest BCUT2D eigenvalue weighted by Crippen LogP contribution is -2.54. The molecule has 0 spiro atoms. The smallest absolute Gasteiger partial charge is 0.270 e. The molecule has 0 radical (unpaired) electrons. The molecule has 1 aliphatic rings. The summed E-state index contributed by atoms with van der Waals surface area (Å²) in [6.45, 7) is 6.35. The summed E-state index contributed by atoms with van der Waals surface area (Å²) in [5, 5.41) is 2.67. The standard InChI is InChI=1S/C25H21BrN2O3S2/c1-25(2,3)21-20(26)14-18(33-21)13-19-22(29)27-24(32)28(23(19)30)15-9-11-17(12-10-15)31-16-7-5-4-6-8-16/h4-14H,1-3H3,(H,27,29,32)/b19-13+. The third-order valence-electron chi connectivity index (χ3n) is 4.85. The van der Waals surface area contributed by atoms with Gasteiger partial charge in [-0.3, -0.25) is 19.8 Å². The Morgan fingerprint density at radius 2 is 1.67 bits per heavy atom. The minimum absolute atomic E-state index is 0.0300. The highest BCUT2D eigenvalue weighted by Gasteiger charge is 2.35. The Bertz CT molecular complexity index is 1260. The van der Waals surface area contributed by atoms with Gasteiger partial charge in [-0.1, -0.05) is 39.0 Å². The van der Waals surface area contributed by atoms with Gasteiger partial charge >= 0.3 is 0 Å². The number of thiophene rings is 1. The van der Waals surface area contributed by atoms with Crippen LogP contribution in [0.1, 0.15) is 30.5 Å². The van der Waals surface area contributed by atoms with E-state index in [0.29, 0.717) is 17.2 Å². The van der Waals surface area contributed by atoms with Gasteiger partial charge in [0.25, 0.3) is 11.8 Å². The number of carbonyl (C=O) groups excluding carboxylic acids is 2. The molecule has 0 atom stereocenters. The molecule has 33 heavy (non-hydrogen) atoms. The van der Waals surface area contributed by atoms with E-state index in [1.54, 1.807) is 41.7 Å². The maximum atomic E-state index is 13.3. The second-order valence-electron chi connectivity index (χ2n) is 8.44. The van der Waals surface area contributed by atoms with Crippen LogP contribution in [-0.4, -0.2) is 16.9 Å². The average Bonchev–Trinajstić information content (AvgIpc) is 3.14.